The molecule has 0 spiro atoms. The first-order chi connectivity index (χ1) is 8.02. The molecule has 5 heteroatoms. The van der Waals surface area contributed by atoms with Gasteiger partial charge in [-0.05, 0) is 6.07 Å². The maximum absolute atomic E-state index is 12.6. The molecule has 17 heavy (non-hydrogen) atoms. The minimum absolute atomic E-state index is 0.228. The van der Waals surface area contributed by atoms with Gasteiger partial charge in [0.2, 0.25) is 5.91 Å². The lowest BCUT2D eigenvalue weighted by Gasteiger charge is -2.08. The molecule has 90 valence electrons. The molecule has 2 rings (SSSR count). The van der Waals surface area contributed by atoms with E-state index >= 15 is 0 Å². The van der Waals surface area contributed by atoms with Crippen molar-refractivity contribution in [2.24, 2.45) is 5.73 Å². The summed E-state index contributed by atoms with van der Waals surface area (Å²) in [6.45, 7) is 1.38. The number of carbonyl (C=O) groups excluding carboxylic acids is 1. The van der Waals surface area contributed by atoms with Gasteiger partial charge in [0.25, 0.3) is 6.43 Å². The van der Waals surface area contributed by atoms with Gasteiger partial charge in [-0.2, -0.15) is 0 Å². The van der Waals surface area contributed by atoms with Crippen LogP contribution in [0.2, 0.25) is 0 Å². The van der Waals surface area contributed by atoms with Crippen LogP contribution in [-0.4, -0.2) is 16.9 Å². The smallest absolute Gasteiger partial charge is 0.257 e. The zero-order chi connectivity index (χ0) is 12.6. The number of rotatable bonds is 2. The second-order valence-electron chi connectivity index (χ2n) is 3.85. The van der Waals surface area contributed by atoms with Gasteiger partial charge >= 0.3 is 0 Å². The molecule has 1 atom stereocenters. The van der Waals surface area contributed by atoms with E-state index in [1.54, 1.807) is 24.3 Å². The largest absolute Gasteiger partial charge is 0.319 e. The van der Waals surface area contributed by atoms with Gasteiger partial charge in [-0.15, -0.1) is 0 Å². The van der Waals surface area contributed by atoms with E-state index in [-0.39, 0.29) is 5.91 Å². The first-order valence-corrected chi connectivity index (χ1v) is 5.17. The Balaban J connectivity index is 2.68. The van der Waals surface area contributed by atoms with E-state index in [9.17, 15) is 13.6 Å². The summed E-state index contributed by atoms with van der Waals surface area (Å²) in [6.07, 6.45) is -1.26. The molecule has 1 heterocycles. The molecule has 0 unspecified atom stereocenters. The van der Waals surface area contributed by atoms with Crippen LogP contribution in [-0.2, 0) is 0 Å². The zero-order valence-electron chi connectivity index (χ0n) is 9.23. The highest BCUT2D eigenvalue weighted by atomic mass is 19.3. The molecule has 0 saturated heterocycles. The fraction of sp³-hybridized carbons (Fsp3) is 0.250. The second kappa shape index (κ2) is 4.25. The predicted molar refractivity (Wildman–Crippen MR) is 61.2 cm³/mol. The molecule has 2 N–H and O–H groups in total. The molecule has 0 bridgehead atoms. The van der Waals surface area contributed by atoms with Crippen molar-refractivity contribution in [3.8, 4) is 0 Å². The summed E-state index contributed by atoms with van der Waals surface area (Å²) in [5, 5.41) is 0.593. The Morgan fingerprint density at radius 3 is 2.59 bits per heavy atom. The number of hydrogen-bond acceptors (Lipinski definition) is 2. The number of nitrogens with two attached hydrogens (primary N) is 1. The molecule has 0 aliphatic rings. The Hall–Kier alpha value is -1.75. The Bertz CT molecular complexity index is 563. The van der Waals surface area contributed by atoms with E-state index in [2.05, 4.69) is 0 Å². The summed E-state index contributed by atoms with van der Waals surface area (Å²) in [7, 11) is 0. The van der Waals surface area contributed by atoms with Gasteiger partial charge in [0.1, 0.15) is 0 Å². The summed E-state index contributed by atoms with van der Waals surface area (Å²) in [6, 6.07) is 5.50. The third kappa shape index (κ3) is 1.93. The van der Waals surface area contributed by atoms with Crippen LogP contribution in [0.15, 0.2) is 30.5 Å². The van der Waals surface area contributed by atoms with Gasteiger partial charge in [-0.1, -0.05) is 18.2 Å². The third-order valence-corrected chi connectivity index (χ3v) is 2.71. The second-order valence-corrected chi connectivity index (χ2v) is 3.85. The Morgan fingerprint density at radius 1 is 1.35 bits per heavy atom. The average Bonchev–Trinajstić information content (AvgIpc) is 2.67. The van der Waals surface area contributed by atoms with Crippen molar-refractivity contribution < 1.29 is 13.6 Å². The Kier molecular flexibility index (Phi) is 2.93. The van der Waals surface area contributed by atoms with Crippen LogP contribution in [0.1, 0.15) is 23.3 Å². The van der Waals surface area contributed by atoms with Crippen molar-refractivity contribution in [3.63, 3.8) is 0 Å². The molecule has 0 aliphatic carbocycles. The molecule has 2 aromatic rings. The predicted octanol–water partition coefficient (Wildman–Crippen LogP) is 2.57. The molecule has 0 radical (unpaired) electrons. The molecule has 0 fully saturated rings. The molecule has 1 aromatic heterocycles. The number of halogens is 2. The Morgan fingerprint density at radius 2 is 2.00 bits per heavy atom. The van der Waals surface area contributed by atoms with Gasteiger partial charge in [-0.3, -0.25) is 9.36 Å². The van der Waals surface area contributed by atoms with Crippen molar-refractivity contribution in [2.75, 3.05) is 0 Å². The van der Waals surface area contributed by atoms with Crippen molar-refractivity contribution in [1.82, 2.24) is 4.57 Å². The van der Waals surface area contributed by atoms with E-state index < -0.39 is 12.5 Å². The van der Waals surface area contributed by atoms with Crippen molar-refractivity contribution in [2.45, 2.75) is 19.4 Å². The van der Waals surface area contributed by atoms with E-state index in [4.69, 9.17) is 5.73 Å². The quantitative estimate of drug-likeness (QED) is 0.874. The molecule has 0 aliphatic heterocycles. The van der Waals surface area contributed by atoms with Crippen LogP contribution in [0.3, 0.4) is 0 Å². The fourth-order valence-electron chi connectivity index (χ4n) is 1.87. The van der Waals surface area contributed by atoms with E-state index in [1.807, 2.05) is 0 Å². The standard InChI is InChI=1S/C12H12F2N2O/c1-7(17)16-6-9(11(15)12(13)14)8-4-2-3-5-10(8)16/h2-6,11-12H,15H2,1H3/t11-/m0/s1. The Labute approximate surface area is 96.8 Å². The summed E-state index contributed by atoms with van der Waals surface area (Å²) < 4.78 is 26.6. The van der Waals surface area contributed by atoms with Crippen LogP contribution >= 0.6 is 0 Å². The SMILES string of the molecule is CC(=O)n1cc([C@H](N)C(F)F)c2ccccc21. The van der Waals surface area contributed by atoms with Crippen molar-refractivity contribution in [3.05, 3.63) is 36.0 Å². The number of para-hydroxylation sites is 1. The lowest BCUT2D eigenvalue weighted by Crippen LogP contribution is -2.18. The third-order valence-electron chi connectivity index (χ3n) is 2.71. The summed E-state index contributed by atoms with van der Waals surface area (Å²) in [5.74, 6) is -0.228. The number of alkyl halides is 2. The molecule has 1 aromatic carbocycles. The number of benzene rings is 1. The summed E-state index contributed by atoms with van der Waals surface area (Å²) >= 11 is 0. The van der Waals surface area contributed by atoms with Crippen LogP contribution in [0, 0.1) is 0 Å². The van der Waals surface area contributed by atoms with Gasteiger partial charge < -0.3 is 5.73 Å². The van der Waals surface area contributed by atoms with Crippen LogP contribution in [0.5, 0.6) is 0 Å². The minimum Gasteiger partial charge on any atom is -0.319 e. The molecule has 3 nitrogen and oxygen atoms in total. The number of nitrogens with zero attached hydrogens (tertiary/aromatic N) is 1. The maximum Gasteiger partial charge on any atom is 0.257 e. The molecular formula is C12H12F2N2O. The molecule has 0 amide bonds. The molecule has 0 saturated carbocycles. The number of hydrogen-bond donors (Lipinski definition) is 1. The van der Waals surface area contributed by atoms with Gasteiger partial charge in [0.15, 0.2) is 0 Å². The lowest BCUT2D eigenvalue weighted by molar-refractivity contribution is 0.0939. The highest BCUT2D eigenvalue weighted by Crippen LogP contribution is 2.28. The normalized spacial score (nSPS) is 13.2. The maximum atomic E-state index is 12.6. The average molecular weight is 238 g/mol. The van der Waals surface area contributed by atoms with Gasteiger partial charge in [0.05, 0.1) is 11.6 Å². The highest BCUT2D eigenvalue weighted by molar-refractivity contribution is 5.93. The van der Waals surface area contributed by atoms with Crippen LogP contribution in [0.25, 0.3) is 10.9 Å². The highest BCUT2D eigenvalue weighted by Gasteiger charge is 2.22. The van der Waals surface area contributed by atoms with Gasteiger partial charge in [-0.25, -0.2) is 8.78 Å². The summed E-state index contributed by atoms with van der Waals surface area (Å²) in [5.41, 5.74) is 6.34. The minimum atomic E-state index is -2.65. The zero-order valence-corrected chi connectivity index (χ0v) is 9.23. The van der Waals surface area contributed by atoms with Crippen molar-refractivity contribution >= 4 is 16.8 Å². The monoisotopic (exact) mass is 238 g/mol. The van der Waals surface area contributed by atoms with Crippen LogP contribution in [0.4, 0.5) is 8.78 Å². The molecular weight excluding hydrogens is 226 g/mol. The van der Waals surface area contributed by atoms with E-state index in [0.29, 0.717) is 16.5 Å². The first kappa shape index (κ1) is 11.7. The topological polar surface area (TPSA) is 48.0 Å². The van der Waals surface area contributed by atoms with E-state index in [1.165, 1.54) is 17.7 Å². The number of carbonyl (C=O) groups is 1. The lowest BCUT2D eigenvalue weighted by atomic mass is 10.1. The van der Waals surface area contributed by atoms with Gasteiger partial charge in [0, 0.05) is 24.1 Å². The summed E-state index contributed by atoms with van der Waals surface area (Å²) in [4.78, 5) is 11.4. The number of aromatic nitrogens is 1. The fourth-order valence-corrected chi connectivity index (χ4v) is 1.87. The number of fused-ring (bicyclic) bond motifs is 1. The van der Waals surface area contributed by atoms with Crippen LogP contribution < -0.4 is 5.73 Å². The van der Waals surface area contributed by atoms with Crippen molar-refractivity contribution in [1.29, 1.82) is 0 Å². The van der Waals surface area contributed by atoms with E-state index in [0.717, 1.165) is 0 Å². The first-order valence-electron chi connectivity index (χ1n) is 5.17.